The SMILES string of the molecule is C[C@H](NC(=O)[C@@H](Sc1ccccc1)c1ccccc1)[C@@H]1C[C@@H]2CC[C@@H]1C2. The quantitative estimate of drug-likeness (QED) is 0.689. The van der Waals surface area contributed by atoms with Crippen molar-refractivity contribution in [3.63, 3.8) is 0 Å². The molecule has 3 heteroatoms. The molecule has 2 nitrogen and oxygen atoms in total. The van der Waals surface area contributed by atoms with Crippen LogP contribution in [0.1, 0.15) is 43.4 Å². The molecular weight excluding hydrogens is 338 g/mol. The molecule has 1 amide bonds. The second-order valence-electron chi connectivity index (χ2n) is 7.86. The molecule has 0 aromatic heterocycles. The molecule has 0 aliphatic heterocycles. The number of rotatable bonds is 6. The van der Waals surface area contributed by atoms with Crippen molar-refractivity contribution >= 4 is 17.7 Å². The number of fused-ring (bicyclic) bond motifs is 2. The number of nitrogens with one attached hydrogen (secondary N) is 1. The van der Waals surface area contributed by atoms with E-state index in [1.165, 1.54) is 25.7 Å². The summed E-state index contributed by atoms with van der Waals surface area (Å²) >= 11 is 1.64. The number of carbonyl (C=O) groups excluding carboxylic acids is 1. The molecule has 0 spiro atoms. The topological polar surface area (TPSA) is 29.1 Å². The van der Waals surface area contributed by atoms with Crippen molar-refractivity contribution < 1.29 is 4.79 Å². The molecule has 2 fully saturated rings. The number of thioether (sulfide) groups is 1. The number of benzene rings is 2. The predicted molar refractivity (Wildman–Crippen MR) is 108 cm³/mol. The van der Waals surface area contributed by atoms with Gasteiger partial charge < -0.3 is 5.32 Å². The highest BCUT2D eigenvalue weighted by molar-refractivity contribution is 8.00. The van der Waals surface area contributed by atoms with E-state index < -0.39 is 0 Å². The highest BCUT2D eigenvalue weighted by atomic mass is 32.2. The summed E-state index contributed by atoms with van der Waals surface area (Å²) in [5.74, 6) is 2.54. The Morgan fingerprint density at radius 1 is 1.00 bits per heavy atom. The van der Waals surface area contributed by atoms with Crippen molar-refractivity contribution in [3.05, 3.63) is 66.2 Å². The van der Waals surface area contributed by atoms with Crippen LogP contribution in [0.15, 0.2) is 65.6 Å². The van der Waals surface area contributed by atoms with Crippen LogP contribution in [0.5, 0.6) is 0 Å². The summed E-state index contributed by atoms with van der Waals surface area (Å²) in [4.78, 5) is 14.3. The summed E-state index contributed by atoms with van der Waals surface area (Å²) in [7, 11) is 0. The Morgan fingerprint density at radius 2 is 1.69 bits per heavy atom. The van der Waals surface area contributed by atoms with Crippen molar-refractivity contribution in [2.75, 3.05) is 0 Å². The number of hydrogen-bond acceptors (Lipinski definition) is 2. The van der Waals surface area contributed by atoms with Gasteiger partial charge in [-0.25, -0.2) is 0 Å². The normalized spacial score (nSPS) is 26.4. The lowest BCUT2D eigenvalue weighted by atomic mass is 9.84. The average molecular weight is 366 g/mol. The molecule has 136 valence electrons. The maximum atomic E-state index is 13.2. The minimum Gasteiger partial charge on any atom is -0.352 e. The molecule has 2 bridgehead atoms. The molecular formula is C23H27NOS. The Hall–Kier alpha value is -1.74. The molecule has 2 aliphatic carbocycles. The predicted octanol–water partition coefficient (Wildman–Crippen LogP) is 5.46. The van der Waals surface area contributed by atoms with Crippen LogP contribution in [0.25, 0.3) is 0 Å². The highest BCUT2D eigenvalue weighted by Crippen LogP contribution is 2.49. The maximum absolute atomic E-state index is 13.2. The van der Waals surface area contributed by atoms with Crippen molar-refractivity contribution in [2.24, 2.45) is 17.8 Å². The first kappa shape index (κ1) is 17.7. The molecule has 2 aliphatic rings. The zero-order valence-electron chi connectivity index (χ0n) is 15.3. The van der Waals surface area contributed by atoms with E-state index in [4.69, 9.17) is 0 Å². The monoisotopic (exact) mass is 365 g/mol. The number of hydrogen-bond donors (Lipinski definition) is 1. The Labute approximate surface area is 160 Å². The molecule has 0 heterocycles. The summed E-state index contributed by atoms with van der Waals surface area (Å²) in [5.41, 5.74) is 1.07. The third kappa shape index (κ3) is 3.83. The van der Waals surface area contributed by atoms with E-state index in [1.807, 2.05) is 36.4 Å². The summed E-state index contributed by atoms with van der Waals surface area (Å²) in [6.45, 7) is 2.21. The lowest BCUT2D eigenvalue weighted by molar-refractivity contribution is -0.121. The highest BCUT2D eigenvalue weighted by Gasteiger charge is 2.42. The smallest absolute Gasteiger partial charge is 0.238 e. The van der Waals surface area contributed by atoms with Gasteiger partial charge in [0.15, 0.2) is 0 Å². The van der Waals surface area contributed by atoms with Gasteiger partial charge in [-0.05, 0) is 61.6 Å². The first-order chi connectivity index (χ1) is 12.7. The van der Waals surface area contributed by atoms with Gasteiger partial charge in [-0.2, -0.15) is 0 Å². The largest absolute Gasteiger partial charge is 0.352 e. The molecule has 5 atom stereocenters. The zero-order chi connectivity index (χ0) is 17.9. The third-order valence-corrected chi connectivity index (χ3v) is 7.41. The van der Waals surface area contributed by atoms with Crippen LogP contribution < -0.4 is 5.32 Å². The van der Waals surface area contributed by atoms with E-state index in [9.17, 15) is 4.79 Å². The molecule has 0 radical (unpaired) electrons. The molecule has 1 N–H and O–H groups in total. The van der Waals surface area contributed by atoms with Crippen LogP contribution in [-0.4, -0.2) is 11.9 Å². The van der Waals surface area contributed by atoms with Crippen LogP contribution in [0, 0.1) is 17.8 Å². The lowest BCUT2D eigenvalue weighted by Gasteiger charge is -2.30. The molecule has 2 saturated carbocycles. The van der Waals surface area contributed by atoms with E-state index in [0.717, 1.165) is 22.3 Å². The van der Waals surface area contributed by atoms with Crippen LogP contribution in [0.3, 0.4) is 0 Å². The molecule has 26 heavy (non-hydrogen) atoms. The van der Waals surface area contributed by atoms with Crippen molar-refractivity contribution in [3.8, 4) is 0 Å². The molecule has 0 saturated heterocycles. The van der Waals surface area contributed by atoms with Gasteiger partial charge in [0, 0.05) is 10.9 Å². The van der Waals surface area contributed by atoms with Gasteiger partial charge >= 0.3 is 0 Å². The Morgan fingerprint density at radius 3 is 2.31 bits per heavy atom. The first-order valence-corrected chi connectivity index (χ1v) is 10.7. The Kier molecular flexibility index (Phi) is 5.35. The zero-order valence-corrected chi connectivity index (χ0v) is 16.1. The van der Waals surface area contributed by atoms with Crippen LogP contribution in [-0.2, 0) is 4.79 Å². The standard InChI is InChI=1S/C23H27NOS/c1-16(21-15-17-12-13-19(21)14-17)24-23(25)22(18-8-4-2-5-9-18)26-20-10-6-3-7-11-20/h2-11,16-17,19,21-22H,12-15H2,1H3,(H,24,25)/t16-,17+,19+,21-,22-/m0/s1. The van der Waals surface area contributed by atoms with E-state index in [0.29, 0.717) is 5.92 Å². The van der Waals surface area contributed by atoms with Crippen LogP contribution in [0.2, 0.25) is 0 Å². The van der Waals surface area contributed by atoms with Gasteiger partial charge in [0.1, 0.15) is 5.25 Å². The van der Waals surface area contributed by atoms with E-state index >= 15 is 0 Å². The summed E-state index contributed by atoms with van der Waals surface area (Å²) < 4.78 is 0. The molecule has 2 aromatic rings. The summed E-state index contributed by atoms with van der Waals surface area (Å²) in [5, 5.41) is 3.16. The third-order valence-electron chi connectivity index (χ3n) is 6.14. The maximum Gasteiger partial charge on any atom is 0.238 e. The number of amides is 1. The van der Waals surface area contributed by atoms with Crippen LogP contribution >= 0.6 is 11.8 Å². The molecule has 2 aromatic carbocycles. The Bertz CT molecular complexity index is 732. The van der Waals surface area contributed by atoms with E-state index in [2.05, 4.69) is 36.5 Å². The fourth-order valence-corrected chi connectivity index (χ4v) is 5.90. The van der Waals surface area contributed by atoms with Crippen LogP contribution in [0.4, 0.5) is 0 Å². The number of carbonyl (C=O) groups is 1. The average Bonchev–Trinajstić information content (AvgIpc) is 3.31. The minimum atomic E-state index is -0.209. The van der Waals surface area contributed by atoms with Gasteiger partial charge in [-0.15, -0.1) is 11.8 Å². The fraction of sp³-hybridized carbons (Fsp3) is 0.435. The first-order valence-electron chi connectivity index (χ1n) is 9.77. The van der Waals surface area contributed by atoms with Gasteiger partial charge in [0.2, 0.25) is 5.91 Å². The van der Waals surface area contributed by atoms with Crippen molar-refractivity contribution in [1.82, 2.24) is 5.32 Å². The van der Waals surface area contributed by atoms with E-state index in [-0.39, 0.29) is 17.2 Å². The second kappa shape index (κ2) is 7.87. The summed E-state index contributed by atoms with van der Waals surface area (Å²) in [6.07, 6.45) is 5.44. The lowest BCUT2D eigenvalue weighted by Crippen LogP contribution is -2.41. The van der Waals surface area contributed by atoms with Gasteiger partial charge in [0.25, 0.3) is 0 Å². The molecule has 0 unspecified atom stereocenters. The molecule has 4 rings (SSSR count). The minimum absolute atomic E-state index is 0.139. The Balaban J connectivity index is 1.48. The van der Waals surface area contributed by atoms with Gasteiger partial charge in [-0.1, -0.05) is 55.0 Å². The van der Waals surface area contributed by atoms with Gasteiger partial charge in [-0.3, -0.25) is 4.79 Å². The van der Waals surface area contributed by atoms with Gasteiger partial charge in [0.05, 0.1) is 0 Å². The summed E-state index contributed by atoms with van der Waals surface area (Å²) in [6, 6.07) is 20.6. The second-order valence-corrected chi connectivity index (χ2v) is 9.04. The van der Waals surface area contributed by atoms with Crippen molar-refractivity contribution in [1.29, 1.82) is 0 Å². The fourth-order valence-electron chi connectivity index (χ4n) is 4.85. The van der Waals surface area contributed by atoms with Crippen molar-refractivity contribution in [2.45, 2.75) is 48.8 Å². The van der Waals surface area contributed by atoms with E-state index in [1.54, 1.807) is 11.8 Å².